The van der Waals surface area contributed by atoms with Crippen LogP contribution in [0, 0.1) is 5.92 Å². The lowest BCUT2D eigenvalue weighted by Crippen LogP contribution is -2.32. The molecule has 1 aromatic heterocycles. The van der Waals surface area contributed by atoms with Crippen LogP contribution in [-0.4, -0.2) is 28.0 Å². The van der Waals surface area contributed by atoms with Crippen molar-refractivity contribution in [2.24, 2.45) is 5.92 Å². The predicted molar refractivity (Wildman–Crippen MR) is 81.5 cm³/mol. The summed E-state index contributed by atoms with van der Waals surface area (Å²) in [7, 11) is 0. The van der Waals surface area contributed by atoms with Gasteiger partial charge in [-0.1, -0.05) is 44.9 Å². The molecule has 114 valence electrons. The highest BCUT2D eigenvalue weighted by molar-refractivity contribution is 5.51. The van der Waals surface area contributed by atoms with Crippen molar-refractivity contribution in [1.82, 2.24) is 15.5 Å². The van der Waals surface area contributed by atoms with Crippen molar-refractivity contribution in [3.63, 3.8) is 0 Å². The van der Waals surface area contributed by atoms with Gasteiger partial charge in [0.1, 0.15) is 0 Å². The van der Waals surface area contributed by atoms with Crippen LogP contribution in [0.4, 0.5) is 0 Å². The fourth-order valence-electron chi connectivity index (χ4n) is 2.35. The van der Waals surface area contributed by atoms with Gasteiger partial charge in [-0.3, -0.25) is 0 Å². The minimum absolute atomic E-state index is 0.333. The maximum atomic E-state index is 10.0. The van der Waals surface area contributed by atoms with Crippen molar-refractivity contribution in [1.29, 1.82) is 0 Å². The van der Waals surface area contributed by atoms with E-state index in [1.165, 1.54) is 0 Å². The third-order valence-electron chi connectivity index (χ3n) is 3.71. The fraction of sp³-hybridized carbons (Fsp3) is 0.500. The topological polar surface area (TPSA) is 71.2 Å². The Hall–Kier alpha value is -1.72. The van der Waals surface area contributed by atoms with E-state index >= 15 is 0 Å². The Kier molecular flexibility index (Phi) is 5.90. The molecule has 0 bridgehead atoms. The lowest BCUT2D eigenvalue weighted by molar-refractivity contribution is 0.101. The number of hydrogen-bond acceptors (Lipinski definition) is 5. The first-order chi connectivity index (χ1) is 10.2. The maximum Gasteiger partial charge on any atom is 0.247 e. The van der Waals surface area contributed by atoms with Gasteiger partial charge in [0.2, 0.25) is 11.8 Å². The second kappa shape index (κ2) is 7.90. The van der Waals surface area contributed by atoms with Crippen LogP contribution in [0.5, 0.6) is 0 Å². The van der Waals surface area contributed by atoms with Crippen LogP contribution in [0.1, 0.15) is 32.6 Å². The Labute approximate surface area is 125 Å². The number of rotatable bonds is 8. The van der Waals surface area contributed by atoms with Gasteiger partial charge in [-0.05, 0) is 18.1 Å². The zero-order valence-electron chi connectivity index (χ0n) is 12.6. The van der Waals surface area contributed by atoms with E-state index < -0.39 is 0 Å². The molecule has 5 heteroatoms. The third kappa shape index (κ3) is 4.37. The molecule has 0 amide bonds. The normalized spacial score (nSPS) is 12.8. The van der Waals surface area contributed by atoms with E-state index in [1.54, 1.807) is 0 Å². The first-order valence-corrected chi connectivity index (χ1v) is 7.51. The van der Waals surface area contributed by atoms with E-state index in [4.69, 9.17) is 4.42 Å². The SMILES string of the molecule is CCC(CC)C(O)CNCc1nnc(-c2ccccc2)o1. The average Bonchev–Trinajstić information content (AvgIpc) is 2.98. The lowest BCUT2D eigenvalue weighted by Gasteiger charge is -2.19. The number of nitrogens with zero attached hydrogens (tertiary/aromatic N) is 2. The average molecular weight is 289 g/mol. The van der Waals surface area contributed by atoms with Crippen molar-refractivity contribution in [2.75, 3.05) is 6.54 Å². The summed E-state index contributed by atoms with van der Waals surface area (Å²) in [4.78, 5) is 0. The number of aromatic nitrogens is 2. The first-order valence-electron chi connectivity index (χ1n) is 7.51. The molecule has 2 aromatic rings. The molecule has 1 aromatic carbocycles. The zero-order valence-corrected chi connectivity index (χ0v) is 12.6. The van der Waals surface area contributed by atoms with Crippen molar-refractivity contribution in [3.05, 3.63) is 36.2 Å². The Morgan fingerprint density at radius 2 is 1.86 bits per heavy atom. The molecule has 1 unspecified atom stereocenters. The van der Waals surface area contributed by atoms with Gasteiger partial charge in [0, 0.05) is 12.1 Å². The van der Waals surface area contributed by atoms with E-state index in [1.807, 2.05) is 30.3 Å². The summed E-state index contributed by atoms with van der Waals surface area (Å²) >= 11 is 0. The van der Waals surface area contributed by atoms with Gasteiger partial charge in [0.05, 0.1) is 12.6 Å². The molecule has 1 heterocycles. The largest absolute Gasteiger partial charge is 0.419 e. The molecular formula is C16H23N3O2. The van der Waals surface area contributed by atoms with E-state index in [0.717, 1.165) is 18.4 Å². The van der Waals surface area contributed by atoms with Crippen molar-refractivity contribution in [2.45, 2.75) is 39.3 Å². The van der Waals surface area contributed by atoms with Crippen molar-refractivity contribution in [3.8, 4) is 11.5 Å². The molecule has 2 rings (SSSR count). The smallest absolute Gasteiger partial charge is 0.247 e. The fourth-order valence-corrected chi connectivity index (χ4v) is 2.35. The second-order valence-electron chi connectivity index (χ2n) is 5.14. The second-order valence-corrected chi connectivity index (χ2v) is 5.14. The monoisotopic (exact) mass is 289 g/mol. The first kappa shape index (κ1) is 15.7. The van der Waals surface area contributed by atoms with Crippen LogP contribution in [0.2, 0.25) is 0 Å². The number of aliphatic hydroxyl groups is 1. The van der Waals surface area contributed by atoms with Crippen molar-refractivity contribution >= 4 is 0 Å². The lowest BCUT2D eigenvalue weighted by atomic mass is 9.97. The van der Waals surface area contributed by atoms with Gasteiger partial charge in [0.15, 0.2) is 0 Å². The summed E-state index contributed by atoms with van der Waals surface area (Å²) in [5, 5.41) is 21.3. The van der Waals surface area contributed by atoms with Gasteiger partial charge < -0.3 is 14.8 Å². The predicted octanol–water partition coefficient (Wildman–Crippen LogP) is 2.62. The van der Waals surface area contributed by atoms with Crippen molar-refractivity contribution < 1.29 is 9.52 Å². The molecule has 5 nitrogen and oxygen atoms in total. The van der Waals surface area contributed by atoms with Crippen LogP contribution in [0.15, 0.2) is 34.7 Å². The van der Waals surface area contributed by atoms with Gasteiger partial charge in [-0.2, -0.15) is 0 Å². The highest BCUT2D eigenvalue weighted by atomic mass is 16.4. The molecule has 0 aliphatic heterocycles. The van der Waals surface area contributed by atoms with Gasteiger partial charge in [0.25, 0.3) is 0 Å². The molecular weight excluding hydrogens is 266 g/mol. The minimum atomic E-state index is -0.337. The van der Waals surface area contributed by atoms with Crippen LogP contribution in [-0.2, 0) is 6.54 Å². The molecule has 1 atom stereocenters. The maximum absolute atomic E-state index is 10.0. The number of hydrogen-bond donors (Lipinski definition) is 2. The molecule has 0 saturated carbocycles. The highest BCUT2D eigenvalue weighted by Gasteiger charge is 2.15. The number of nitrogens with one attached hydrogen (secondary N) is 1. The van der Waals surface area contributed by atoms with Crippen LogP contribution in [0.3, 0.4) is 0 Å². The highest BCUT2D eigenvalue weighted by Crippen LogP contribution is 2.17. The molecule has 2 N–H and O–H groups in total. The Morgan fingerprint density at radius 3 is 2.52 bits per heavy atom. The Balaban J connectivity index is 1.84. The molecule has 0 aliphatic rings. The zero-order chi connectivity index (χ0) is 15.1. The number of benzene rings is 1. The van der Waals surface area contributed by atoms with E-state index in [-0.39, 0.29) is 6.10 Å². The molecule has 0 aliphatic carbocycles. The van der Waals surface area contributed by atoms with Crippen LogP contribution < -0.4 is 5.32 Å². The Morgan fingerprint density at radius 1 is 1.14 bits per heavy atom. The molecule has 21 heavy (non-hydrogen) atoms. The summed E-state index contributed by atoms with van der Waals surface area (Å²) in [6, 6.07) is 9.68. The quantitative estimate of drug-likeness (QED) is 0.781. The molecule has 0 fully saturated rings. The molecule has 0 saturated heterocycles. The van der Waals surface area contributed by atoms with Gasteiger partial charge in [-0.25, -0.2) is 0 Å². The summed E-state index contributed by atoms with van der Waals surface area (Å²) in [6.07, 6.45) is 1.63. The van der Waals surface area contributed by atoms with Crippen LogP contribution >= 0.6 is 0 Å². The number of aliphatic hydroxyl groups excluding tert-OH is 1. The summed E-state index contributed by atoms with van der Waals surface area (Å²) in [5.41, 5.74) is 0.910. The molecule has 0 spiro atoms. The summed E-state index contributed by atoms with van der Waals surface area (Å²) < 4.78 is 5.60. The van der Waals surface area contributed by atoms with Crippen LogP contribution in [0.25, 0.3) is 11.5 Å². The standard InChI is InChI=1S/C16H23N3O2/c1-3-12(4-2)14(20)10-17-11-15-18-19-16(21-15)13-8-6-5-7-9-13/h5-9,12,14,17,20H,3-4,10-11H2,1-2H3. The van der Waals surface area contributed by atoms with Gasteiger partial charge in [-0.15, -0.1) is 10.2 Å². The summed E-state index contributed by atoms with van der Waals surface area (Å²) in [5.74, 6) is 1.39. The summed E-state index contributed by atoms with van der Waals surface area (Å²) in [6.45, 7) is 5.20. The van der Waals surface area contributed by atoms with E-state index in [0.29, 0.717) is 30.8 Å². The Bertz CT molecular complexity index is 523. The van der Waals surface area contributed by atoms with E-state index in [2.05, 4.69) is 29.4 Å². The van der Waals surface area contributed by atoms with Gasteiger partial charge >= 0.3 is 0 Å². The minimum Gasteiger partial charge on any atom is -0.419 e. The van der Waals surface area contributed by atoms with E-state index in [9.17, 15) is 5.11 Å². The third-order valence-corrected chi connectivity index (χ3v) is 3.71. The molecule has 0 radical (unpaired) electrons.